The minimum atomic E-state index is -1.52. The van der Waals surface area contributed by atoms with Crippen molar-refractivity contribution in [2.45, 2.75) is 56.5 Å². The number of furan rings is 1. The average Bonchev–Trinajstić information content (AvgIpc) is 3.23. The number of rotatable bonds is 3. The highest BCUT2D eigenvalue weighted by Crippen LogP contribution is 2.73. The van der Waals surface area contributed by atoms with Crippen LogP contribution in [0.2, 0.25) is 0 Å². The fourth-order valence-electron chi connectivity index (χ4n) is 6.81. The zero-order valence-electron chi connectivity index (χ0n) is 15.4. The van der Waals surface area contributed by atoms with E-state index in [-0.39, 0.29) is 43.9 Å². The van der Waals surface area contributed by atoms with Crippen molar-refractivity contribution < 1.29 is 34.0 Å². The Hall–Kier alpha value is -1.41. The lowest BCUT2D eigenvalue weighted by molar-refractivity contribution is -0.345. The summed E-state index contributed by atoms with van der Waals surface area (Å²) < 4.78 is 16.5. The van der Waals surface area contributed by atoms with Gasteiger partial charge in [-0.15, -0.1) is 0 Å². The highest BCUT2D eigenvalue weighted by atomic mass is 16.6. The van der Waals surface area contributed by atoms with Crippen LogP contribution in [0.5, 0.6) is 0 Å². The van der Waals surface area contributed by atoms with Crippen LogP contribution in [0.3, 0.4) is 0 Å². The summed E-state index contributed by atoms with van der Waals surface area (Å²) in [5.74, 6) is -2.44. The molecule has 148 valence electrons. The van der Waals surface area contributed by atoms with Crippen LogP contribution in [0.25, 0.3) is 0 Å². The summed E-state index contributed by atoms with van der Waals surface area (Å²) in [5, 5.41) is 33.7. The Bertz CT molecular complexity index is 762. The van der Waals surface area contributed by atoms with E-state index >= 15 is 0 Å². The van der Waals surface area contributed by atoms with E-state index in [0.29, 0.717) is 18.4 Å². The lowest BCUT2D eigenvalue weighted by Gasteiger charge is -2.66. The van der Waals surface area contributed by atoms with E-state index in [1.54, 1.807) is 6.07 Å². The first-order valence-corrected chi connectivity index (χ1v) is 9.75. The van der Waals surface area contributed by atoms with Gasteiger partial charge in [-0.25, -0.2) is 0 Å². The second-order valence-electron chi connectivity index (χ2n) is 9.02. The summed E-state index contributed by atoms with van der Waals surface area (Å²) in [4.78, 5) is 13.2. The highest BCUT2D eigenvalue weighted by molar-refractivity contribution is 5.80. The molecule has 1 spiro atoms. The van der Waals surface area contributed by atoms with E-state index in [0.717, 1.165) is 6.42 Å². The summed E-state index contributed by atoms with van der Waals surface area (Å²) >= 11 is 0. The zero-order chi connectivity index (χ0) is 19.1. The summed E-state index contributed by atoms with van der Waals surface area (Å²) in [6.45, 7) is 1.91. The van der Waals surface area contributed by atoms with Gasteiger partial charge in [0, 0.05) is 12.0 Å². The largest absolute Gasteiger partial charge is 0.472 e. The van der Waals surface area contributed by atoms with Crippen molar-refractivity contribution in [1.29, 1.82) is 0 Å². The van der Waals surface area contributed by atoms with Gasteiger partial charge in [-0.3, -0.25) is 4.79 Å². The van der Waals surface area contributed by atoms with Gasteiger partial charge < -0.3 is 29.2 Å². The molecule has 0 radical (unpaired) electrons. The number of esters is 1. The summed E-state index contributed by atoms with van der Waals surface area (Å²) in [5.41, 5.74) is -2.64. The number of carbonyl (C=O) groups excluding carboxylic acids is 1. The van der Waals surface area contributed by atoms with Crippen LogP contribution in [0, 0.1) is 22.7 Å². The Balaban J connectivity index is 1.65. The maximum atomic E-state index is 13.2. The minimum Gasteiger partial charge on any atom is -0.472 e. The third-order valence-corrected chi connectivity index (χ3v) is 8.11. The van der Waals surface area contributed by atoms with Gasteiger partial charge in [-0.05, 0) is 37.2 Å². The Labute approximate surface area is 157 Å². The number of cyclic esters (lactones) is 1. The quantitative estimate of drug-likeness (QED) is 0.684. The Morgan fingerprint density at radius 2 is 2.15 bits per heavy atom. The molecule has 3 N–H and O–H groups in total. The monoisotopic (exact) mass is 378 g/mol. The molecule has 7 atom stereocenters. The minimum absolute atomic E-state index is 0.0419. The van der Waals surface area contributed by atoms with Gasteiger partial charge >= 0.3 is 5.97 Å². The van der Waals surface area contributed by atoms with Crippen LogP contribution in [-0.4, -0.2) is 45.9 Å². The van der Waals surface area contributed by atoms with E-state index < -0.39 is 28.3 Å². The molecule has 3 heterocycles. The Kier molecular flexibility index (Phi) is 3.50. The van der Waals surface area contributed by atoms with Crippen LogP contribution in [0.1, 0.15) is 50.7 Å². The normalized spacial score (nSPS) is 49.4. The summed E-state index contributed by atoms with van der Waals surface area (Å²) in [6.07, 6.45) is 4.42. The molecule has 2 aliphatic carbocycles. The highest BCUT2D eigenvalue weighted by Gasteiger charge is 2.82. The molecule has 1 aromatic heterocycles. The molecule has 2 saturated carbocycles. The standard InChI is InChI=1S/C20H26O7/c1-12-7-20(24)19-11-26-16(22)18(12,8-14(21)13-4-6-25-9-13)15(19)3-2-5-17(19,23)10-27-20/h4,6,9,12,14-15,21,23-24H,2-3,5,7-8,10-11H2,1H3. The van der Waals surface area contributed by atoms with Gasteiger partial charge in [0.15, 0.2) is 5.79 Å². The molecule has 5 rings (SSSR count). The van der Waals surface area contributed by atoms with Crippen molar-refractivity contribution in [2.24, 2.45) is 22.7 Å². The molecule has 2 bridgehead atoms. The molecule has 7 nitrogen and oxygen atoms in total. The second-order valence-corrected chi connectivity index (χ2v) is 9.02. The fourth-order valence-corrected chi connectivity index (χ4v) is 6.81. The molecule has 0 amide bonds. The number of hydrogen-bond acceptors (Lipinski definition) is 7. The van der Waals surface area contributed by atoms with E-state index in [1.165, 1.54) is 12.5 Å². The molecule has 1 aromatic rings. The van der Waals surface area contributed by atoms with Crippen LogP contribution in [0.15, 0.2) is 23.0 Å². The number of aliphatic hydroxyl groups is 3. The van der Waals surface area contributed by atoms with E-state index in [1.807, 2.05) is 6.92 Å². The van der Waals surface area contributed by atoms with Crippen molar-refractivity contribution in [3.8, 4) is 0 Å². The number of aliphatic hydroxyl groups excluding tert-OH is 1. The van der Waals surface area contributed by atoms with Gasteiger partial charge in [0.05, 0.1) is 36.1 Å². The van der Waals surface area contributed by atoms with Crippen molar-refractivity contribution in [1.82, 2.24) is 0 Å². The maximum Gasteiger partial charge on any atom is 0.312 e. The second kappa shape index (κ2) is 5.35. The average molecular weight is 378 g/mol. The third kappa shape index (κ3) is 1.89. The number of hydrogen-bond donors (Lipinski definition) is 3. The fraction of sp³-hybridized carbons (Fsp3) is 0.750. The van der Waals surface area contributed by atoms with Gasteiger partial charge in [-0.2, -0.15) is 0 Å². The molecular weight excluding hydrogens is 352 g/mol. The smallest absolute Gasteiger partial charge is 0.312 e. The Morgan fingerprint density at radius 1 is 1.33 bits per heavy atom. The first kappa shape index (κ1) is 17.7. The van der Waals surface area contributed by atoms with Crippen molar-refractivity contribution in [3.05, 3.63) is 24.2 Å². The predicted octanol–water partition coefficient (Wildman–Crippen LogP) is 1.52. The first-order chi connectivity index (χ1) is 12.8. The number of ether oxygens (including phenoxy) is 2. The molecular formula is C20H26O7. The summed E-state index contributed by atoms with van der Waals surface area (Å²) in [7, 11) is 0. The van der Waals surface area contributed by atoms with E-state index in [2.05, 4.69) is 0 Å². The Morgan fingerprint density at radius 3 is 2.89 bits per heavy atom. The van der Waals surface area contributed by atoms with Crippen LogP contribution in [0.4, 0.5) is 0 Å². The van der Waals surface area contributed by atoms with Gasteiger partial charge in [0.1, 0.15) is 12.2 Å². The topological polar surface area (TPSA) is 109 Å². The molecule has 2 saturated heterocycles. The van der Waals surface area contributed by atoms with Crippen molar-refractivity contribution in [3.63, 3.8) is 0 Å². The van der Waals surface area contributed by atoms with Gasteiger partial charge in [-0.1, -0.05) is 13.3 Å². The van der Waals surface area contributed by atoms with Crippen LogP contribution < -0.4 is 0 Å². The SMILES string of the molecule is CC1CC2(O)OCC3(O)CCCC4C1(CC(O)c1ccoc1)C(=O)OCC432. The molecule has 4 fully saturated rings. The molecule has 0 aromatic carbocycles. The summed E-state index contributed by atoms with van der Waals surface area (Å²) in [6, 6.07) is 1.69. The first-order valence-electron chi connectivity index (χ1n) is 9.75. The molecule has 7 heteroatoms. The lowest BCUT2D eigenvalue weighted by Crippen LogP contribution is -2.76. The lowest BCUT2D eigenvalue weighted by atomic mass is 9.40. The van der Waals surface area contributed by atoms with Crippen LogP contribution >= 0.6 is 0 Å². The van der Waals surface area contributed by atoms with Gasteiger partial charge in [0.25, 0.3) is 0 Å². The van der Waals surface area contributed by atoms with E-state index in [4.69, 9.17) is 13.9 Å². The molecule has 2 aliphatic heterocycles. The number of carbonyl (C=O) groups is 1. The van der Waals surface area contributed by atoms with Crippen LogP contribution in [-0.2, 0) is 14.3 Å². The van der Waals surface area contributed by atoms with Crippen molar-refractivity contribution >= 4 is 5.97 Å². The third-order valence-electron chi connectivity index (χ3n) is 8.11. The maximum absolute atomic E-state index is 13.2. The van der Waals surface area contributed by atoms with Crippen molar-refractivity contribution in [2.75, 3.05) is 13.2 Å². The molecule has 4 aliphatic rings. The molecule has 27 heavy (non-hydrogen) atoms. The molecule has 7 unspecified atom stereocenters. The van der Waals surface area contributed by atoms with E-state index in [9.17, 15) is 20.1 Å². The predicted molar refractivity (Wildman–Crippen MR) is 91.1 cm³/mol. The van der Waals surface area contributed by atoms with Gasteiger partial charge in [0.2, 0.25) is 0 Å². The zero-order valence-corrected chi connectivity index (χ0v) is 15.4.